The smallest absolute Gasteiger partial charge is 0.461 e. The van der Waals surface area contributed by atoms with Crippen molar-refractivity contribution in [3.63, 3.8) is 0 Å². The van der Waals surface area contributed by atoms with Crippen LogP contribution in [0.2, 0.25) is 0 Å². The summed E-state index contributed by atoms with van der Waals surface area (Å²) in [5.74, 6) is 0.0355. The number of methoxy groups -OCH3 is 1. The molecule has 0 bridgehead atoms. The number of carbonyl (C=O) groups excluding carboxylic acids is 2. The molecule has 0 amide bonds. The van der Waals surface area contributed by atoms with E-state index in [4.69, 9.17) is 9.47 Å². The first-order valence-corrected chi connectivity index (χ1v) is 4.60. The van der Waals surface area contributed by atoms with Gasteiger partial charge in [0.25, 0.3) is 0 Å². The summed E-state index contributed by atoms with van der Waals surface area (Å²) in [5.41, 5.74) is 0.812. The van der Waals surface area contributed by atoms with Crippen molar-refractivity contribution in [3.8, 4) is 5.75 Å². The monoisotopic (exact) mass is 224 g/mol. The molecule has 0 unspecified atom stereocenters. The van der Waals surface area contributed by atoms with Gasteiger partial charge in [0.05, 0.1) is 7.11 Å². The Bertz CT molecular complexity index is 368. The van der Waals surface area contributed by atoms with Crippen LogP contribution in [-0.2, 0) is 20.9 Å². The van der Waals surface area contributed by atoms with E-state index in [0.29, 0.717) is 5.75 Å². The number of hydrogen-bond donors (Lipinski definition) is 0. The maximum atomic E-state index is 10.8. The Morgan fingerprint density at radius 1 is 1.19 bits per heavy atom. The Kier molecular flexibility index (Phi) is 4.32. The molecular formula is C11H12O5. The van der Waals surface area contributed by atoms with Gasteiger partial charge in [-0.15, -0.1) is 0 Å². The van der Waals surface area contributed by atoms with E-state index in [1.807, 2.05) is 0 Å². The van der Waals surface area contributed by atoms with E-state index < -0.39 is 6.16 Å². The SMILES string of the molecule is COC(=O)Oc1ccc(COC(C)=O)cc1. The van der Waals surface area contributed by atoms with Crippen molar-refractivity contribution in [2.45, 2.75) is 13.5 Å². The van der Waals surface area contributed by atoms with Crippen molar-refractivity contribution in [1.82, 2.24) is 0 Å². The van der Waals surface area contributed by atoms with Crippen LogP contribution in [-0.4, -0.2) is 19.2 Å². The normalized spacial score (nSPS) is 9.38. The molecule has 0 atom stereocenters. The fraction of sp³-hybridized carbons (Fsp3) is 0.273. The van der Waals surface area contributed by atoms with E-state index in [1.165, 1.54) is 14.0 Å². The predicted octanol–water partition coefficient (Wildman–Crippen LogP) is 1.89. The van der Waals surface area contributed by atoms with Crippen LogP contribution in [0, 0.1) is 0 Å². The first-order chi connectivity index (χ1) is 7.61. The van der Waals surface area contributed by atoms with E-state index in [2.05, 4.69) is 4.74 Å². The minimum atomic E-state index is -0.771. The molecule has 0 radical (unpaired) electrons. The largest absolute Gasteiger partial charge is 0.513 e. The van der Waals surface area contributed by atoms with E-state index in [0.717, 1.165) is 5.56 Å². The lowest BCUT2D eigenvalue weighted by atomic mass is 10.2. The Morgan fingerprint density at radius 3 is 2.31 bits per heavy atom. The van der Waals surface area contributed by atoms with Gasteiger partial charge in [0, 0.05) is 6.92 Å². The molecule has 1 aromatic rings. The molecule has 0 aliphatic heterocycles. The van der Waals surface area contributed by atoms with Crippen molar-refractivity contribution >= 4 is 12.1 Å². The van der Waals surface area contributed by atoms with E-state index >= 15 is 0 Å². The van der Waals surface area contributed by atoms with Gasteiger partial charge in [-0.05, 0) is 17.7 Å². The lowest BCUT2D eigenvalue weighted by Gasteiger charge is -2.04. The standard InChI is InChI=1S/C11H12O5/c1-8(12)15-7-9-3-5-10(6-4-9)16-11(13)14-2/h3-6H,7H2,1-2H3. The Labute approximate surface area is 92.9 Å². The maximum absolute atomic E-state index is 10.8. The topological polar surface area (TPSA) is 61.8 Å². The van der Waals surface area contributed by atoms with Crippen molar-refractivity contribution < 1.29 is 23.8 Å². The second kappa shape index (κ2) is 5.75. The minimum absolute atomic E-state index is 0.202. The molecule has 0 saturated heterocycles. The maximum Gasteiger partial charge on any atom is 0.513 e. The van der Waals surface area contributed by atoms with Gasteiger partial charge in [0.1, 0.15) is 12.4 Å². The molecule has 5 heteroatoms. The molecule has 0 N–H and O–H groups in total. The average Bonchev–Trinajstić information content (AvgIpc) is 2.28. The molecule has 0 saturated carbocycles. The summed E-state index contributed by atoms with van der Waals surface area (Å²) >= 11 is 0. The van der Waals surface area contributed by atoms with Crippen LogP contribution in [0.4, 0.5) is 4.79 Å². The van der Waals surface area contributed by atoms with Crippen molar-refractivity contribution in [2.24, 2.45) is 0 Å². The fourth-order valence-corrected chi connectivity index (χ4v) is 0.977. The van der Waals surface area contributed by atoms with Gasteiger partial charge in [0.2, 0.25) is 0 Å². The molecule has 5 nitrogen and oxygen atoms in total. The third kappa shape index (κ3) is 4.00. The molecule has 0 fully saturated rings. The molecule has 0 spiro atoms. The summed E-state index contributed by atoms with van der Waals surface area (Å²) in [6, 6.07) is 6.58. The molecule has 0 aliphatic carbocycles. The van der Waals surface area contributed by atoms with Crippen LogP contribution >= 0.6 is 0 Å². The van der Waals surface area contributed by atoms with E-state index in [9.17, 15) is 9.59 Å². The molecule has 0 aromatic heterocycles. The van der Waals surface area contributed by atoms with Crippen LogP contribution in [0.15, 0.2) is 24.3 Å². The second-order valence-electron chi connectivity index (χ2n) is 2.98. The molecule has 16 heavy (non-hydrogen) atoms. The Morgan fingerprint density at radius 2 is 1.81 bits per heavy atom. The van der Waals surface area contributed by atoms with Gasteiger partial charge >= 0.3 is 12.1 Å². The fourth-order valence-electron chi connectivity index (χ4n) is 0.977. The van der Waals surface area contributed by atoms with E-state index in [-0.39, 0.29) is 12.6 Å². The van der Waals surface area contributed by atoms with Crippen LogP contribution in [0.1, 0.15) is 12.5 Å². The van der Waals surface area contributed by atoms with Crippen molar-refractivity contribution in [2.75, 3.05) is 7.11 Å². The van der Waals surface area contributed by atoms with Gasteiger partial charge < -0.3 is 14.2 Å². The molecular weight excluding hydrogens is 212 g/mol. The summed E-state index contributed by atoms with van der Waals surface area (Å²) < 4.78 is 13.9. The highest BCUT2D eigenvalue weighted by Gasteiger charge is 2.03. The van der Waals surface area contributed by atoms with Gasteiger partial charge in [-0.3, -0.25) is 4.79 Å². The molecule has 0 aliphatic rings. The molecule has 86 valence electrons. The first kappa shape index (κ1) is 12.0. The van der Waals surface area contributed by atoms with Crippen LogP contribution < -0.4 is 4.74 Å². The summed E-state index contributed by atoms with van der Waals surface area (Å²) in [7, 11) is 1.23. The zero-order valence-corrected chi connectivity index (χ0v) is 9.06. The summed E-state index contributed by atoms with van der Waals surface area (Å²) in [5, 5.41) is 0. The highest BCUT2D eigenvalue weighted by Crippen LogP contribution is 2.13. The highest BCUT2D eigenvalue weighted by atomic mass is 16.7. The van der Waals surface area contributed by atoms with Crippen LogP contribution in [0.5, 0.6) is 5.75 Å². The number of rotatable bonds is 3. The van der Waals surface area contributed by atoms with Crippen LogP contribution in [0.3, 0.4) is 0 Å². The van der Waals surface area contributed by atoms with Gasteiger partial charge in [-0.2, -0.15) is 0 Å². The number of carbonyl (C=O) groups is 2. The lowest BCUT2D eigenvalue weighted by molar-refractivity contribution is -0.142. The molecule has 0 heterocycles. The van der Waals surface area contributed by atoms with Crippen molar-refractivity contribution in [3.05, 3.63) is 29.8 Å². The minimum Gasteiger partial charge on any atom is -0.461 e. The Balaban J connectivity index is 2.54. The quantitative estimate of drug-likeness (QED) is 0.579. The zero-order valence-electron chi connectivity index (χ0n) is 9.06. The highest BCUT2D eigenvalue weighted by molar-refractivity contribution is 5.66. The van der Waals surface area contributed by atoms with Gasteiger partial charge in [-0.1, -0.05) is 12.1 Å². The Hall–Kier alpha value is -2.04. The summed E-state index contributed by atoms with van der Waals surface area (Å²) in [6.45, 7) is 1.54. The van der Waals surface area contributed by atoms with Crippen LogP contribution in [0.25, 0.3) is 0 Å². The summed E-state index contributed by atoms with van der Waals surface area (Å²) in [6.07, 6.45) is -0.771. The average molecular weight is 224 g/mol. The second-order valence-corrected chi connectivity index (χ2v) is 2.98. The zero-order chi connectivity index (χ0) is 12.0. The number of ether oxygens (including phenoxy) is 3. The predicted molar refractivity (Wildman–Crippen MR) is 54.9 cm³/mol. The summed E-state index contributed by atoms with van der Waals surface area (Å²) in [4.78, 5) is 21.3. The first-order valence-electron chi connectivity index (χ1n) is 4.60. The lowest BCUT2D eigenvalue weighted by Crippen LogP contribution is -2.07. The molecule has 1 aromatic carbocycles. The van der Waals surface area contributed by atoms with Gasteiger partial charge in [-0.25, -0.2) is 4.79 Å². The third-order valence-electron chi connectivity index (χ3n) is 1.73. The van der Waals surface area contributed by atoms with Crippen molar-refractivity contribution in [1.29, 1.82) is 0 Å². The number of benzene rings is 1. The van der Waals surface area contributed by atoms with Gasteiger partial charge in [0.15, 0.2) is 0 Å². The third-order valence-corrected chi connectivity index (χ3v) is 1.73. The van der Waals surface area contributed by atoms with E-state index in [1.54, 1.807) is 24.3 Å². The number of hydrogen-bond acceptors (Lipinski definition) is 5. The number of esters is 1. The molecule has 1 rings (SSSR count).